The number of hydrogen-bond donors (Lipinski definition) is 1. The Morgan fingerprint density at radius 1 is 1.40 bits per heavy atom. The van der Waals surface area contributed by atoms with Crippen LogP contribution in [0, 0.1) is 5.92 Å². The monoisotopic (exact) mass is 355 g/mol. The number of ether oxygens (including phenoxy) is 2. The fourth-order valence-corrected chi connectivity index (χ4v) is 2.30. The molecule has 0 heterocycles. The summed E-state index contributed by atoms with van der Waals surface area (Å²) in [4.78, 5) is 6.57. The minimum Gasteiger partial charge on any atom is -0.435 e. The van der Waals surface area contributed by atoms with E-state index in [1.54, 1.807) is 12.1 Å². The standard InChI is InChI=1S/C18H27F2N3O2/c1-3-21-18(23(2)9-10-24-13-14-7-8-14)22-12-15-5-4-6-16(11-15)25-17(19)20/h4-6,11,14,17H,3,7-10,12-13H2,1-2H3,(H,21,22). The second-order valence-corrected chi connectivity index (χ2v) is 6.14. The first-order chi connectivity index (χ1) is 12.1. The Labute approximate surface area is 148 Å². The molecule has 0 radical (unpaired) electrons. The summed E-state index contributed by atoms with van der Waals surface area (Å²) in [5.41, 5.74) is 0.812. The summed E-state index contributed by atoms with van der Waals surface area (Å²) in [5, 5.41) is 3.23. The van der Waals surface area contributed by atoms with Crippen LogP contribution in [0.3, 0.4) is 0 Å². The van der Waals surface area contributed by atoms with Gasteiger partial charge in [-0.05, 0) is 43.4 Å². The third kappa shape index (κ3) is 7.69. The highest BCUT2D eigenvalue weighted by Crippen LogP contribution is 2.28. The molecule has 0 unspecified atom stereocenters. The molecule has 1 aliphatic rings. The number of halogens is 2. The minimum absolute atomic E-state index is 0.148. The van der Waals surface area contributed by atoms with Crippen LogP contribution in [0.1, 0.15) is 25.3 Å². The number of rotatable bonds is 10. The smallest absolute Gasteiger partial charge is 0.387 e. The van der Waals surface area contributed by atoms with Crippen LogP contribution in [0.4, 0.5) is 8.78 Å². The summed E-state index contributed by atoms with van der Waals surface area (Å²) >= 11 is 0. The molecule has 0 amide bonds. The van der Waals surface area contributed by atoms with Gasteiger partial charge in [-0.15, -0.1) is 0 Å². The number of alkyl halides is 2. The van der Waals surface area contributed by atoms with E-state index in [0.717, 1.165) is 37.1 Å². The maximum absolute atomic E-state index is 12.3. The van der Waals surface area contributed by atoms with Gasteiger partial charge in [0.1, 0.15) is 5.75 Å². The average molecular weight is 355 g/mol. The average Bonchev–Trinajstić information content (AvgIpc) is 3.39. The van der Waals surface area contributed by atoms with Crippen molar-refractivity contribution in [2.75, 3.05) is 33.4 Å². The highest BCUT2D eigenvalue weighted by Gasteiger charge is 2.21. The van der Waals surface area contributed by atoms with E-state index in [1.165, 1.54) is 18.9 Å². The molecule has 1 fully saturated rings. The van der Waals surface area contributed by atoms with Gasteiger partial charge in [0, 0.05) is 26.7 Å². The first kappa shape index (κ1) is 19.4. The second kappa shape index (κ2) is 10.2. The summed E-state index contributed by atoms with van der Waals surface area (Å²) in [6.45, 7) is 2.57. The third-order valence-electron chi connectivity index (χ3n) is 3.85. The van der Waals surface area contributed by atoms with E-state index < -0.39 is 6.61 Å². The second-order valence-electron chi connectivity index (χ2n) is 6.14. The van der Waals surface area contributed by atoms with E-state index in [1.807, 2.05) is 24.9 Å². The number of benzene rings is 1. The Morgan fingerprint density at radius 3 is 2.88 bits per heavy atom. The van der Waals surface area contributed by atoms with Gasteiger partial charge < -0.3 is 19.7 Å². The molecular weight excluding hydrogens is 328 g/mol. The van der Waals surface area contributed by atoms with Crippen molar-refractivity contribution in [2.24, 2.45) is 10.9 Å². The van der Waals surface area contributed by atoms with Crippen LogP contribution >= 0.6 is 0 Å². The van der Waals surface area contributed by atoms with Crippen molar-refractivity contribution >= 4 is 5.96 Å². The zero-order valence-corrected chi connectivity index (χ0v) is 14.9. The number of guanidine groups is 1. The molecule has 1 aromatic carbocycles. The minimum atomic E-state index is -2.82. The predicted octanol–water partition coefficient (Wildman–Crippen LogP) is 3.11. The van der Waals surface area contributed by atoms with E-state index in [4.69, 9.17) is 4.74 Å². The first-order valence-corrected chi connectivity index (χ1v) is 8.69. The highest BCUT2D eigenvalue weighted by molar-refractivity contribution is 5.79. The molecule has 0 bridgehead atoms. The van der Waals surface area contributed by atoms with Gasteiger partial charge >= 0.3 is 6.61 Å². The topological polar surface area (TPSA) is 46.1 Å². The molecule has 140 valence electrons. The Hall–Kier alpha value is -1.89. The lowest BCUT2D eigenvalue weighted by Crippen LogP contribution is -2.40. The molecule has 1 aromatic rings. The highest BCUT2D eigenvalue weighted by atomic mass is 19.3. The molecule has 1 N–H and O–H groups in total. The van der Waals surface area contributed by atoms with Gasteiger partial charge in [-0.2, -0.15) is 8.78 Å². The number of nitrogens with zero attached hydrogens (tertiary/aromatic N) is 2. The van der Waals surface area contributed by atoms with Gasteiger partial charge in [-0.25, -0.2) is 4.99 Å². The summed E-state index contributed by atoms with van der Waals surface area (Å²) in [6, 6.07) is 6.61. The summed E-state index contributed by atoms with van der Waals surface area (Å²) in [7, 11) is 1.96. The Morgan fingerprint density at radius 2 is 2.20 bits per heavy atom. The number of likely N-dealkylation sites (N-methyl/N-ethyl adjacent to an activating group) is 1. The molecule has 0 aromatic heterocycles. The van der Waals surface area contributed by atoms with Crippen LogP contribution in [0.25, 0.3) is 0 Å². The number of aliphatic imine (C=N–C) groups is 1. The fourth-order valence-electron chi connectivity index (χ4n) is 2.30. The molecule has 0 spiro atoms. The van der Waals surface area contributed by atoms with Crippen LogP contribution in [-0.4, -0.2) is 50.8 Å². The van der Waals surface area contributed by atoms with Crippen molar-refractivity contribution in [1.29, 1.82) is 0 Å². The SMILES string of the molecule is CCNC(=NCc1cccc(OC(F)F)c1)N(C)CCOCC1CC1. The van der Waals surface area contributed by atoms with Crippen molar-refractivity contribution in [3.8, 4) is 5.75 Å². The molecule has 0 atom stereocenters. The summed E-state index contributed by atoms with van der Waals surface area (Å²) in [6.07, 6.45) is 2.57. The fraction of sp³-hybridized carbons (Fsp3) is 0.611. The van der Waals surface area contributed by atoms with Gasteiger partial charge in [-0.1, -0.05) is 12.1 Å². The lowest BCUT2D eigenvalue weighted by molar-refractivity contribution is -0.0498. The zero-order valence-electron chi connectivity index (χ0n) is 14.9. The van der Waals surface area contributed by atoms with Gasteiger partial charge in [0.15, 0.2) is 5.96 Å². The van der Waals surface area contributed by atoms with Crippen LogP contribution in [-0.2, 0) is 11.3 Å². The van der Waals surface area contributed by atoms with Gasteiger partial charge in [0.25, 0.3) is 0 Å². The molecule has 0 aliphatic heterocycles. The lowest BCUT2D eigenvalue weighted by Gasteiger charge is -2.22. The summed E-state index contributed by atoms with van der Waals surface area (Å²) in [5.74, 6) is 1.67. The largest absolute Gasteiger partial charge is 0.435 e. The van der Waals surface area contributed by atoms with Crippen molar-refractivity contribution in [3.05, 3.63) is 29.8 Å². The van der Waals surface area contributed by atoms with E-state index >= 15 is 0 Å². The Balaban J connectivity index is 1.86. The van der Waals surface area contributed by atoms with E-state index in [-0.39, 0.29) is 5.75 Å². The third-order valence-corrected chi connectivity index (χ3v) is 3.85. The van der Waals surface area contributed by atoms with Crippen molar-refractivity contribution in [2.45, 2.75) is 32.9 Å². The van der Waals surface area contributed by atoms with Crippen LogP contribution in [0.2, 0.25) is 0 Å². The molecule has 5 nitrogen and oxygen atoms in total. The Kier molecular flexibility index (Phi) is 7.91. The molecule has 2 rings (SSSR count). The normalized spacial score (nSPS) is 14.7. The zero-order chi connectivity index (χ0) is 18.1. The quantitative estimate of drug-likeness (QED) is 0.398. The maximum Gasteiger partial charge on any atom is 0.387 e. The van der Waals surface area contributed by atoms with Gasteiger partial charge in [0.05, 0.1) is 13.2 Å². The van der Waals surface area contributed by atoms with Crippen molar-refractivity contribution < 1.29 is 18.3 Å². The van der Waals surface area contributed by atoms with E-state index in [2.05, 4.69) is 15.0 Å². The summed E-state index contributed by atoms with van der Waals surface area (Å²) < 4.78 is 34.7. The molecular formula is C18H27F2N3O2. The number of nitrogens with one attached hydrogen (secondary N) is 1. The molecule has 1 aliphatic carbocycles. The Bertz CT molecular complexity index is 551. The number of hydrogen-bond acceptors (Lipinski definition) is 3. The van der Waals surface area contributed by atoms with Crippen LogP contribution < -0.4 is 10.1 Å². The molecule has 1 saturated carbocycles. The van der Waals surface area contributed by atoms with E-state index in [9.17, 15) is 8.78 Å². The van der Waals surface area contributed by atoms with Gasteiger partial charge in [-0.3, -0.25) is 0 Å². The first-order valence-electron chi connectivity index (χ1n) is 8.69. The van der Waals surface area contributed by atoms with Crippen molar-refractivity contribution in [1.82, 2.24) is 10.2 Å². The molecule has 7 heteroatoms. The lowest BCUT2D eigenvalue weighted by atomic mass is 10.2. The van der Waals surface area contributed by atoms with Gasteiger partial charge in [0.2, 0.25) is 0 Å². The van der Waals surface area contributed by atoms with Crippen LogP contribution in [0.15, 0.2) is 29.3 Å². The van der Waals surface area contributed by atoms with E-state index in [0.29, 0.717) is 13.2 Å². The predicted molar refractivity (Wildman–Crippen MR) is 94.1 cm³/mol. The molecule has 0 saturated heterocycles. The maximum atomic E-state index is 12.3. The van der Waals surface area contributed by atoms with Crippen LogP contribution in [0.5, 0.6) is 5.75 Å². The van der Waals surface area contributed by atoms with Crippen molar-refractivity contribution in [3.63, 3.8) is 0 Å². The molecule has 25 heavy (non-hydrogen) atoms.